The normalized spacial score (nSPS) is 11.1. The van der Waals surface area contributed by atoms with Crippen LogP contribution in [0.1, 0.15) is 16.7 Å². The average Bonchev–Trinajstić information content (AvgIpc) is 2.83. The predicted molar refractivity (Wildman–Crippen MR) is 73.7 cm³/mol. The highest BCUT2D eigenvalue weighted by atomic mass is 16.3. The van der Waals surface area contributed by atoms with Crippen LogP contribution in [0.15, 0.2) is 40.8 Å². The second-order valence-electron chi connectivity index (χ2n) is 4.70. The van der Waals surface area contributed by atoms with Crippen molar-refractivity contribution < 1.29 is 4.42 Å². The maximum absolute atomic E-state index is 5.91. The van der Waals surface area contributed by atoms with E-state index in [2.05, 4.69) is 31.8 Å². The van der Waals surface area contributed by atoms with Gasteiger partial charge in [0.2, 0.25) is 5.89 Å². The lowest BCUT2D eigenvalue weighted by atomic mass is 10.1. The zero-order chi connectivity index (χ0) is 12.7. The van der Waals surface area contributed by atoms with E-state index < -0.39 is 0 Å². The van der Waals surface area contributed by atoms with E-state index in [-0.39, 0.29) is 0 Å². The molecule has 18 heavy (non-hydrogen) atoms. The van der Waals surface area contributed by atoms with Gasteiger partial charge in [-0.15, -0.1) is 0 Å². The summed E-state index contributed by atoms with van der Waals surface area (Å²) in [6, 6.07) is 12.2. The molecule has 1 heterocycles. The summed E-state index contributed by atoms with van der Waals surface area (Å²) in [4.78, 5) is 4.64. The van der Waals surface area contributed by atoms with Crippen LogP contribution in [0.25, 0.3) is 22.6 Å². The first kappa shape index (κ1) is 11.0. The first-order valence-electron chi connectivity index (χ1n) is 6.09. The lowest BCUT2D eigenvalue weighted by molar-refractivity contribution is 0.617. The van der Waals surface area contributed by atoms with Gasteiger partial charge in [0.15, 0.2) is 5.58 Å². The molecule has 0 saturated heterocycles. The second-order valence-corrected chi connectivity index (χ2v) is 4.70. The number of benzene rings is 2. The van der Waals surface area contributed by atoms with E-state index in [1.807, 2.05) is 30.3 Å². The first-order chi connectivity index (χ1) is 8.66. The summed E-state index contributed by atoms with van der Waals surface area (Å²) in [6.07, 6.45) is 0. The highest BCUT2D eigenvalue weighted by Gasteiger charge is 2.13. The standard InChI is InChI=1S/C16H15NO/c1-10-9-11(2)15-14(12(10)3)17-16(18-15)13-7-5-4-6-8-13/h4-9H,1-3H3. The molecule has 0 saturated carbocycles. The second kappa shape index (κ2) is 3.98. The van der Waals surface area contributed by atoms with Crippen LogP contribution in [0, 0.1) is 20.8 Å². The highest BCUT2D eigenvalue weighted by Crippen LogP contribution is 2.29. The van der Waals surface area contributed by atoms with Crippen molar-refractivity contribution in [2.75, 3.05) is 0 Å². The fourth-order valence-electron chi connectivity index (χ4n) is 2.23. The summed E-state index contributed by atoms with van der Waals surface area (Å²) in [5, 5.41) is 0. The van der Waals surface area contributed by atoms with E-state index in [9.17, 15) is 0 Å². The highest BCUT2D eigenvalue weighted by molar-refractivity contribution is 5.83. The molecule has 0 spiro atoms. The number of aromatic nitrogens is 1. The van der Waals surface area contributed by atoms with Crippen molar-refractivity contribution in [1.29, 1.82) is 0 Å². The molecule has 0 aliphatic heterocycles. The molecular formula is C16H15NO. The maximum Gasteiger partial charge on any atom is 0.227 e. The Morgan fingerprint density at radius 1 is 0.944 bits per heavy atom. The van der Waals surface area contributed by atoms with Crippen molar-refractivity contribution in [2.45, 2.75) is 20.8 Å². The van der Waals surface area contributed by atoms with Crippen molar-refractivity contribution in [1.82, 2.24) is 4.98 Å². The van der Waals surface area contributed by atoms with Crippen molar-refractivity contribution in [3.05, 3.63) is 53.1 Å². The molecule has 0 fully saturated rings. The number of nitrogens with zero attached hydrogens (tertiary/aromatic N) is 1. The molecule has 0 amide bonds. The Morgan fingerprint density at radius 3 is 2.39 bits per heavy atom. The van der Waals surface area contributed by atoms with Crippen LogP contribution in [-0.2, 0) is 0 Å². The minimum atomic E-state index is 0.697. The molecule has 2 aromatic carbocycles. The smallest absolute Gasteiger partial charge is 0.227 e. The Kier molecular flexibility index (Phi) is 2.44. The Labute approximate surface area is 106 Å². The zero-order valence-electron chi connectivity index (χ0n) is 10.8. The van der Waals surface area contributed by atoms with E-state index in [1.165, 1.54) is 11.1 Å². The quantitative estimate of drug-likeness (QED) is 0.626. The van der Waals surface area contributed by atoms with Crippen LogP contribution >= 0.6 is 0 Å². The molecule has 0 aliphatic carbocycles. The van der Waals surface area contributed by atoms with Gasteiger partial charge in [0.1, 0.15) is 5.52 Å². The Morgan fingerprint density at radius 2 is 1.67 bits per heavy atom. The van der Waals surface area contributed by atoms with Crippen LogP contribution in [0.4, 0.5) is 0 Å². The third kappa shape index (κ3) is 1.61. The molecular weight excluding hydrogens is 222 g/mol. The average molecular weight is 237 g/mol. The van der Waals surface area contributed by atoms with E-state index in [0.717, 1.165) is 22.2 Å². The molecule has 3 rings (SSSR count). The van der Waals surface area contributed by atoms with Crippen molar-refractivity contribution in [3.8, 4) is 11.5 Å². The first-order valence-corrected chi connectivity index (χ1v) is 6.09. The van der Waals surface area contributed by atoms with Crippen molar-refractivity contribution in [3.63, 3.8) is 0 Å². The maximum atomic E-state index is 5.91. The van der Waals surface area contributed by atoms with Gasteiger partial charge >= 0.3 is 0 Å². The molecule has 0 unspecified atom stereocenters. The number of rotatable bonds is 1. The summed E-state index contributed by atoms with van der Waals surface area (Å²) in [7, 11) is 0. The molecule has 2 nitrogen and oxygen atoms in total. The number of oxazole rings is 1. The van der Waals surface area contributed by atoms with Gasteiger partial charge in [-0.1, -0.05) is 24.3 Å². The molecule has 2 heteroatoms. The lowest BCUT2D eigenvalue weighted by Gasteiger charge is -2.01. The van der Waals surface area contributed by atoms with Crippen molar-refractivity contribution >= 4 is 11.1 Å². The number of aryl methyl sites for hydroxylation is 3. The van der Waals surface area contributed by atoms with Gasteiger partial charge in [-0.3, -0.25) is 0 Å². The minimum absolute atomic E-state index is 0.697. The Hall–Kier alpha value is -2.09. The Bertz CT molecular complexity index is 711. The summed E-state index contributed by atoms with van der Waals surface area (Å²) < 4.78 is 5.91. The van der Waals surface area contributed by atoms with Crippen molar-refractivity contribution in [2.24, 2.45) is 0 Å². The topological polar surface area (TPSA) is 26.0 Å². The van der Waals surface area contributed by atoms with E-state index >= 15 is 0 Å². The molecule has 0 aliphatic rings. The largest absolute Gasteiger partial charge is 0.436 e. The summed E-state index contributed by atoms with van der Waals surface area (Å²) in [5.41, 5.74) is 6.49. The summed E-state index contributed by atoms with van der Waals surface area (Å²) in [5.74, 6) is 0.697. The van der Waals surface area contributed by atoms with Crippen LogP contribution in [-0.4, -0.2) is 4.98 Å². The monoisotopic (exact) mass is 237 g/mol. The molecule has 0 radical (unpaired) electrons. The van der Waals surface area contributed by atoms with Gasteiger partial charge < -0.3 is 4.42 Å². The number of fused-ring (bicyclic) bond motifs is 1. The van der Waals surface area contributed by atoms with Crippen LogP contribution in [0.3, 0.4) is 0 Å². The fourth-order valence-corrected chi connectivity index (χ4v) is 2.23. The zero-order valence-corrected chi connectivity index (χ0v) is 10.8. The Balaban J connectivity index is 2.29. The molecule has 90 valence electrons. The SMILES string of the molecule is Cc1cc(C)c2oc(-c3ccccc3)nc2c1C. The van der Waals surface area contributed by atoms with Gasteiger partial charge in [-0.25, -0.2) is 4.98 Å². The van der Waals surface area contributed by atoms with Gasteiger partial charge in [0.05, 0.1) is 0 Å². The molecule has 1 aromatic heterocycles. The minimum Gasteiger partial charge on any atom is -0.436 e. The van der Waals surface area contributed by atoms with Gasteiger partial charge in [-0.2, -0.15) is 0 Å². The molecule has 0 atom stereocenters. The van der Waals surface area contributed by atoms with Gasteiger partial charge in [0.25, 0.3) is 0 Å². The summed E-state index contributed by atoms with van der Waals surface area (Å²) in [6.45, 7) is 6.27. The van der Waals surface area contributed by atoms with Crippen LogP contribution in [0.2, 0.25) is 0 Å². The lowest BCUT2D eigenvalue weighted by Crippen LogP contribution is -1.85. The molecule has 0 bridgehead atoms. The van der Waals surface area contributed by atoms with E-state index in [4.69, 9.17) is 4.42 Å². The third-order valence-electron chi connectivity index (χ3n) is 3.39. The predicted octanol–water partition coefficient (Wildman–Crippen LogP) is 4.42. The van der Waals surface area contributed by atoms with Gasteiger partial charge in [-0.05, 0) is 49.6 Å². The van der Waals surface area contributed by atoms with Gasteiger partial charge in [0, 0.05) is 5.56 Å². The third-order valence-corrected chi connectivity index (χ3v) is 3.39. The number of hydrogen-bond acceptors (Lipinski definition) is 2. The molecule has 3 aromatic rings. The molecule has 0 N–H and O–H groups in total. The fraction of sp³-hybridized carbons (Fsp3) is 0.188. The summed E-state index contributed by atoms with van der Waals surface area (Å²) >= 11 is 0. The number of hydrogen-bond donors (Lipinski definition) is 0. The van der Waals surface area contributed by atoms with Crippen LogP contribution in [0.5, 0.6) is 0 Å². The van der Waals surface area contributed by atoms with E-state index in [1.54, 1.807) is 0 Å². The van der Waals surface area contributed by atoms with E-state index in [0.29, 0.717) is 5.89 Å². The van der Waals surface area contributed by atoms with Crippen LogP contribution < -0.4 is 0 Å².